The molecule has 0 amide bonds. The standard InChI is InChI=1S/C35H23N3/c1-3-11-25(12-4-1)37-32-17-9-7-15-27(32)29-21-24(19-20-34(29)37)31-22-30-28-16-8-10-18-33(28)38(35(30)23-36-31)26-13-5-2-6-14-26/h1-23H. The van der Waals surface area contributed by atoms with Gasteiger partial charge in [0.15, 0.2) is 0 Å². The fourth-order valence-corrected chi connectivity index (χ4v) is 5.87. The van der Waals surface area contributed by atoms with Gasteiger partial charge in [-0.1, -0.05) is 78.9 Å². The van der Waals surface area contributed by atoms with E-state index >= 15 is 0 Å². The van der Waals surface area contributed by atoms with Crippen LogP contribution in [-0.2, 0) is 0 Å². The van der Waals surface area contributed by atoms with Gasteiger partial charge in [0.05, 0.1) is 34.0 Å². The van der Waals surface area contributed by atoms with E-state index in [4.69, 9.17) is 4.98 Å². The average molecular weight is 486 g/mol. The maximum Gasteiger partial charge on any atom is 0.0724 e. The maximum atomic E-state index is 4.98. The molecular weight excluding hydrogens is 462 g/mol. The molecule has 3 nitrogen and oxygen atoms in total. The Hall–Kier alpha value is -5.15. The van der Waals surface area contributed by atoms with E-state index in [1.54, 1.807) is 0 Å². The number of benzene rings is 5. The van der Waals surface area contributed by atoms with Gasteiger partial charge in [-0.2, -0.15) is 0 Å². The van der Waals surface area contributed by atoms with Crippen molar-refractivity contribution in [1.82, 2.24) is 14.1 Å². The summed E-state index contributed by atoms with van der Waals surface area (Å²) in [7, 11) is 0. The molecule has 5 aromatic carbocycles. The van der Waals surface area contributed by atoms with Gasteiger partial charge in [-0.15, -0.1) is 0 Å². The zero-order valence-electron chi connectivity index (χ0n) is 20.6. The zero-order valence-corrected chi connectivity index (χ0v) is 20.6. The van der Waals surface area contributed by atoms with E-state index in [2.05, 4.69) is 143 Å². The fraction of sp³-hybridized carbons (Fsp3) is 0. The molecule has 3 heteroatoms. The second-order valence-electron chi connectivity index (χ2n) is 9.69. The third-order valence-electron chi connectivity index (χ3n) is 7.56. The molecule has 0 spiro atoms. The Morgan fingerprint density at radius 3 is 1.53 bits per heavy atom. The molecule has 0 saturated carbocycles. The Morgan fingerprint density at radius 2 is 0.895 bits per heavy atom. The van der Waals surface area contributed by atoms with Crippen molar-refractivity contribution in [3.63, 3.8) is 0 Å². The van der Waals surface area contributed by atoms with Gasteiger partial charge in [-0.3, -0.25) is 4.98 Å². The summed E-state index contributed by atoms with van der Waals surface area (Å²) in [6, 6.07) is 47.3. The van der Waals surface area contributed by atoms with Crippen LogP contribution in [0.4, 0.5) is 0 Å². The lowest BCUT2D eigenvalue weighted by molar-refractivity contribution is 1.17. The van der Waals surface area contributed by atoms with Crippen molar-refractivity contribution in [2.24, 2.45) is 0 Å². The van der Waals surface area contributed by atoms with Crippen LogP contribution in [0.2, 0.25) is 0 Å². The molecular formula is C35H23N3. The first-order valence-electron chi connectivity index (χ1n) is 12.9. The third-order valence-corrected chi connectivity index (χ3v) is 7.56. The smallest absolute Gasteiger partial charge is 0.0724 e. The number of pyridine rings is 1. The normalized spacial score (nSPS) is 11.7. The van der Waals surface area contributed by atoms with E-state index in [0.29, 0.717) is 0 Å². The van der Waals surface area contributed by atoms with Crippen LogP contribution in [-0.4, -0.2) is 14.1 Å². The lowest BCUT2D eigenvalue weighted by Gasteiger charge is -2.08. The number of nitrogens with zero attached hydrogens (tertiary/aromatic N) is 3. The molecule has 0 unspecified atom stereocenters. The van der Waals surface area contributed by atoms with Crippen LogP contribution >= 0.6 is 0 Å². The van der Waals surface area contributed by atoms with E-state index in [-0.39, 0.29) is 0 Å². The molecule has 0 atom stereocenters. The van der Waals surface area contributed by atoms with Crippen LogP contribution in [0.25, 0.3) is 66.2 Å². The molecule has 3 aromatic heterocycles. The van der Waals surface area contributed by atoms with E-state index < -0.39 is 0 Å². The van der Waals surface area contributed by atoms with Crippen molar-refractivity contribution in [2.45, 2.75) is 0 Å². The molecule has 0 saturated heterocycles. The van der Waals surface area contributed by atoms with Crippen molar-refractivity contribution < 1.29 is 0 Å². The van der Waals surface area contributed by atoms with E-state index in [1.165, 1.54) is 43.8 Å². The maximum absolute atomic E-state index is 4.98. The van der Waals surface area contributed by atoms with Crippen molar-refractivity contribution >= 4 is 43.6 Å². The summed E-state index contributed by atoms with van der Waals surface area (Å²) in [5.74, 6) is 0. The first kappa shape index (κ1) is 21.0. The monoisotopic (exact) mass is 485 g/mol. The summed E-state index contributed by atoms with van der Waals surface area (Å²) >= 11 is 0. The van der Waals surface area contributed by atoms with Crippen LogP contribution in [0.15, 0.2) is 140 Å². The number of hydrogen-bond acceptors (Lipinski definition) is 1. The van der Waals surface area contributed by atoms with Gasteiger partial charge in [0.1, 0.15) is 0 Å². The number of aromatic nitrogens is 3. The molecule has 0 aliphatic carbocycles. The second-order valence-corrected chi connectivity index (χ2v) is 9.69. The minimum Gasteiger partial charge on any atom is -0.309 e. The molecule has 38 heavy (non-hydrogen) atoms. The van der Waals surface area contributed by atoms with Crippen LogP contribution in [0.5, 0.6) is 0 Å². The summed E-state index contributed by atoms with van der Waals surface area (Å²) in [6.45, 7) is 0. The molecule has 8 aromatic rings. The summed E-state index contributed by atoms with van der Waals surface area (Å²) in [6.07, 6.45) is 2.02. The predicted octanol–water partition coefficient (Wildman–Crippen LogP) is 8.94. The highest BCUT2D eigenvalue weighted by Gasteiger charge is 2.16. The number of hydrogen-bond donors (Lipinski definition) is 0. The minimum absolute atomic E-state index is 0.979. The number of rotatable bonds is 3. The quantitative estimate of drug-likeness (QED) is 0.245. The van der Waals surface area contributed by atoms with E-state index in [0.717, 1.165) is 22.5 Å². The Balaban J connectivity index is 1.36. The van der Waals surface area contributed by atoms with Crippen molar-refractivity contribution in [2.75, 3.05) is 0 Å². The van der Waals surface area contributed by atoms with Gasteiger partial charge in [0.2, 0.25) is 0 Å². The zero-order chi connectivity index (χ0) is 25.1. The van der Waals surface area contributed by atoms with Crippen LogP contribution in [0.1, 0.15) is 0 Å². The molecule has 0 fully saturated rings. The van der Waals surface area contributed by atoms with Gasteiger partial charge >= 0.3 is 0 Å². The lowest BCUT2D eigenvalue weighted by atomic mass is 10.0. The van der Waals surface area contributed by atoms with Gasteiger partial charge in [-0.25, -0.2) is 0 Å². The van der Waals surface area contributed by atoms with Crippen molar-refractivity contribution in [1.29, 1.82) is 0 Å². The molecule has 0 aliphatic heterocycles. The van der Waals surface area contributed by atoms with Crippen molar-refractivity contribution in [3.8, 4) is 22.6 Å². The van der Waals surface area contributed by atoms with Gasteiger partial charge < -0.3 is 9.13 Å². The highest BCUT2D eigenvalue weighted by atomic mass is 15.0. The molecule has 0 N–H and O–H groups in total. The minimum atomic E-state index is 0.979. The summed E-state index contributed by atoms with van der Waals surface area (Å²) in [4.78, 5) is 4.98. The van der Waals surface area contributed by atoms with E-state index in [1.807, 2.05) is 6.20 Å². The second kappa shape index (κ2) is 8.19. The molecule has 3 heterocycles. The Kier molecular flexibility index (Phi) is 4.52. The molecule has 0 radical (unpaired) electrons. The number of para-hydroxylation sites is 4. The Labute approximate surface area is 219 Å². The Bertz CT molecular complexity index is 1960. The third kappa shape index (κ3) is 3.06. The first-order valence-corrected chi connectivity index (χ1v) is 12.9. The van der Waals surface area contributed by atoms with Gasteiger partial charge in [0.25, 0.3) is 0 Å². The lowest BCUT2D eigenvalue weighted by Crippen LogP contribution is -1.94. The highest BCUT2D eigenvalue weighted by Crippen LogP contribution is 2.37. The number of fused-ring (bicyclic) bond motifs is 6. The van der Waals surface area contributed by atoms with Crippen molar-refractivity contribution in [3.05, 3.63) is 140 Å². The summed E-state index contributed by atoms with van der Waals surface area (Å²) in [5, 5.41) is 4.92. The molecule has 0 aliphatic rings. The summed E-state index contributed by atoms with van der Waals surface area (Å²) in [5.41, 5.74) is 9.11. The SMILES string of the molecule is c1ccc(-n2c3ccccc3c3cc(-c4cc5c6ccccc6n(-c6ccccc6)c5cn4)ccc32)cc1. The van der Waals surface area contributed by atoms with Gasteiger partial charge in [-0.05, 0) is 54.6 Å². The largest absolute Gasteiger partial charge is 0.309 e. The van der Waals surface area contributed by atoms with Crippen LogP contribution in [0.3, 0.4) is 0 Å². The first-order chi connectivity index (χ1) is 18.9. The van der Waals surface area contributed by atoms with E-state index in [9.17, 15) is 0 Å². The average Bonchev–Trinajstić information content (AvgIpc) is 3.50. The van der Waals surface area contributed by atoms with Crippen LogP contribution in [0, 0.1) is 0 Å². The summed E-state index contributed by atoms with van der Waals surface area (Å²) < 4.78 is 4.65. The molecule has 8 rings (SSSR count). The van der Waals surface area contributed by atoms with Crippen LogP contribution < -0.4 is 0 Å². The predicted molar refractivity (Wildman–Crippen MR) is 158 cm³/mol. The fourth-order valence-electron chi connectivity index (χ4n) is 5.87. The van der Waals surface area contributed by atoms with Gasteiger partial charge in [0, 0.05) is 38.5 Å². The highest BCUT2D eigenvalue weighted by molar-refractivity contribution is 6.12. The molecule has 178 valence electrons. The molecule has 0 bridgehead atoms. The Morgan fingerprint density at radius 1 is 0.395 bits per heavy atom. The topological polar surface area (TPSA) is 22.8 Å².